The molecule has 1 saturated heterocycles. The van der Waals surface area contributed by atoms with E-state index in [-0.39, 0.29) is 5.91 Å². The number of piperidine rings is 1. The molecule has 1 aromatic rings. The molecule has 140 valence electrons. The summed E-state index contributed by atoms with van der Waals surface area (Å²) in [7, 11) is 0. The van der Waals surface area contributed by atoms with E-state index in [0.29, 0.717) is 17.1 Å². The van der Waals surface area contributed by atoms with Crippen LogP contribution in [0.2, 0.25) is 0 Å². The van der Waals surface area contributed by atoms with Gasteiger partial charge in [-0.1, -0.05) is 50.4 Å². The maximum absolute atomic E-state index is 11.1. The van der Waals surface area contributed by atoms with Crippen molar-refractivity contribution in [1.82, 2.24) is 15.1 Å². The topological polar surface area (TPSA) is 70.1 Å². The van der Waals surface area contributed by atoms with Crippen LogP contribution in [-0.4, -0.2) is 46.2 Å². The Balaban J connectivity index is 1.58. The van der Waals surface area contributed by atoms with Gasteiger partial charge in [-0.15, -0.1) is 10.2 Å². The van der Waals surface area contributed by atoms with Gasteiger partial charge in [-0.3, -0.25) is 9.69 Å². The first kappa shape index (κ1) is 18.6. The van der Waals surface area contributed by atoms with Gasteiger partial charge in [0, 0.05) is 32.1 Å². The number of carbonyl (C=O) groups is 1. The van der Waals surface area contributed by atoms with Crippen LogP contribution in [0.25, 0.3) is 0 Å². The molecule has 2 aliphatic rings. The third-order valence-corrected chi connectivity index (χ3v) is 6.08. The molecule has 7 heteroatoms. The van der Waals surface area contributed by atoms with Crippen molar-refractivity contribution >= 4 is 27.5 Å². The van der Waals surface area contributed by atoms with E-state index in [9.17, 15) is 4.79 Å². The summed E-state index contributed by atoms with van der Waals surface area (Å²) in [6, 6.07) is 1.16. The smallest absolute Gasteiger partial charge is 0.223 e. The molecule has 25 heavy (non-hydrogen) atoms. The average molecular weight is 366 g/mol. The lowest BCUT2D eigenvalue weighted by molar-refractivity contribution is -0.114. The SMILES string of the molecule is CC(=O)Nc1nnc(NC2CC(C)CN(C3CCCCCCC3)C2)s1. The Bertz CT molecular complexity index is 555. The first-order valence-corrected chi connectivity index (χ1v) is 10.5. The minimum atomic E-state index is -0.107. The van der Waals surface area contributed by atoms with Gasteiger partial charge in [-0.25, -0.2) is 0 Å². The van der Waals surface area contributed by atoms with E-state index in [1.54, 1.807) is 0 Å². The molecule has 2 N–H and O–H groups in total. The van der Waals surface area contributed by atoms with Crippen LogP contribution < -0.4 is 10.6 Å². The van der Waals surface area contributed by atoms with Crippen molar-refractivity contribution in [1.29, 1.82) is 0 Å². The first-order chi connectivity index (χ1) is 12.1. The van der Waals surface area contributed by atoms with Crippen LogP contribution in [-0.2, 0) is 4.79 Å². The summed E-state index contributed by atoms with van der Waals surface area (Å²) in [5, 5.41) is 15.8. The molecule has 0 bridgehead atoms. The zero-order chi connectivity index (χ0) is 17.6. The number of nitrogens with zero attached hydrogens (tertiary/aromatic N) is 3. The van der Waals surface area contributed by atoms with Gasteiger partial charge < -0.3 is 10.6 Å². The van der Waals surface area contributed by atoms with Crippen molar-refractivity contribution in [3.05, 3.63) is 0 Å². The fourth-order valence-corrected chi connectivity index (χ4v) is 5.02. The lowest BCUT2D eigenvalue weighted by Crippen LogP contribution is -2.50. The van der Waals surface area contributed by atoms with Crippen LogP contribution in [0.1, 0.15) is 65.2 Å². The van der Waals surface area contributed by atoms with Crippen molar-refractivity contribution in [2.75, 3.05) is 23.7 Å². The Hall–Kier alpha value is -1.21. The van der Waals surface area contributed by atoms with Gasteiger partial charge in [-0.2, -0.15) is 0 Å². The van der Waals surface area contributed by atoms with E-state index in [4.69, 9.17) is 0 Å². The van der Waals surface area contributed by atoms with Crippen LogP contribution in [0.15, 0.2) is 0 Å². The number of amides is 1. The number of rotatable bonds is 4. The molecule has 1 saturated carbocycles. The van der Waals surface area contributed by atoms with Crippen molar-refractivity contribution in [3.8, 4) is 0 Å². The third kappa shape index (κ3) is 5.64. The predicted octanol–water partition coefficient (Wildman–Crippen LogP) is 3.73. The van der Waals surface area contributed by atoms with Crippen molar-refractivity contribution in [2.24, 2.45) is 5.92 Å². The molecule has 0 spiro atoms. The number of aromatic nitrogens is 2. The summed E-state index contributed by atoms with van der Waals surface area (Å²) in [4.78, 5) is 13.8. The quantitative estimate of drug-likeness (QED) is 0.851. The normalized spacial score (nSPS) is 26.6. The summed E-state index contributed by atoms with van der Waals surface area (Å²) in [6.45, 7) is 6.15. The minimum Gasteiger partial charge on any atom is -0.356 e. The fraction of sp³-hybridized carbons (Fsp3) is 0.833. The Morgan fingerprint density at radius 3 is 2.48 bits per heavy atom. The van der Waals surface area contributed by atoms with Gasteiger partial charge >= 0.3 is 0 Å². The summed E-state index contributed by atoms with van der Waals surface area (Å²) >= 11 is 1.42. The van der Waals surface area contributed by atoms with E-state index in [2.05, 4.69) is 32.7 Å². The molecule has 2 fully saturated rings. The Morgan fingerprint density at radius 1 is 1.08 bits per heavy atom. The largest absolute Gasteiger partial charge is 0.356 e. The van der Waals surface area contributed by atoms with Crippen LogP contribution in [0, 0.1) is 5.92 Å². The van der Waals surface area contributed by atoms with Gasteiger partial charge in [-0.05, 0) is 25.2 Å². The summed E-state index contributed by atoms with van der Waals surface area (Å²) in [6.07, 6.45) is 10.8. The Labute approximate surface area is 154 Å². The number of anilines is 2. The van der Waals surface area contributed by atoms with E-state index in [1.807, 2.05) is 0 Å². The average Bonchev–Trinajstić information content (AvgIpc) is 2.92. The maximum Gasteiger partial charge on any atom is 0.223 e. The number of nitrogens with one attached hydrogen (secondary N) is 2. The van der Waals surface area contributed by atoms with Gasteiger partial charge in [0.25, 0.3) is 0 Å². The predicted molar refractivity (Wildman–Crippen MR) is 103 cm³/mol. The highest BCUT2D eigenvalue weighted by Crippen LogP contribution is 2.28. The van der Waals surface area contributed by atoms with Crippen LogP contribution in [0.5, 0.6) is 0 Å². The zero-order valence-electron chi connectivity index (χ0n) is 15.5. The summed E-state index contributed by atoms with van der Waals surface area (Å²) in [5.74, 6) is 0.587. The lowest BCUT2D eigenvalue weighted by atomic mass is 9.90. The maximum atomic E-state index is 11.1. The Kier molecular flexibility index (Phi) is 6.64. The second-order valence-corrected chi connectivity index (χ2v) is 8.71. The van der Waals surface area contributed by atoms with Gasteiger partial charge in [0.1, 0.15) is 0 Å². The highest BCUT2D eigenvalue weighted by Gasteiger charge is 2.30. The molecule has 1 aromatic heterocycles. The molecule has 2 atom stereocenters. The lowest BCUT2D eigenvalue weighted by Gasteiger charge is -2.42. The van der Waals surface area contributed by atoms with Crippen molar-refractivity contribution in [2.45, 2.75) is 77.3 Å². The molecular weight excluding hydrogens is 334 g/mol. The molecule has 3 rings (SSSR count). The Morgan fingerprint density at radius 2 is 1.76 bits per heavy atom. The molecule has 0 aromatic carbocycles. The van der Waals surface area contributed by atoms with Crippen LogP contribution in [0.4, 0.5) is 10.3 Å². The molecule has 1 amide bonds. The van der Waals surface area contributed by atoms with E-state index in [0.717, 1.165) is 24.1 Å². The summed E-state index contributed by atoms with van der Waals surface area (Å²) < 4.78 is 0. The number of likely N-dealkylation sites (tertiary alicyclic amines) is 1. The molecular formula is C18H31N5OS. The number of hydrogen-bond acceptors (Lipinski definition) is 6. The molecule has 0 radical (unpaired) electrons. The molecule has 2 unspecified atom stereocenters. The summed E-state index contributed by atoms with van der Waals surface area (Å²) in [5.41, 5.74) is 0. The van der Waals surface area contributed by atoms with Crippen molar-refractivity contribution in [3.63, 3.8) is 0 Å². The van der Waals surface area contributed by atoms with Crippen molar-refractivity contribution < 1.29 is 4.79 Å². The minimum absolute atomic E-state index is 0.107. The van der Waals surface area contributed by atoms with Gasteiger partial charge in [0.2, 0.25) is 16.2 Å². The highest BCUT2D eigenvalue weighted by molar-refractivity contribution is 7.19. The second-order valence-electron chi connectivity index (χ2n) is 7.73. The van der Waals surface area contributed by atoms with Gasteiger partial charge in [0.15, 0.2) is 0 Å². The van der Waals surface area contributed by atoms with Gasteiger partial charge in [0.05, 0.1) is 0 Å². The highest BCUT2D eigenvalue weighted by atomic mass is 32.1. The van der Waals surface area contributed by atoms with Crippen LogP contribution in [0.3, 0.4) is 0 Å². The zero-order valence-corrected chi connectivity index (χ0v) is 16.3. The first-order valence-electron chi connectivity index (χ1n) is 9.72. The molecule has 1 aliphatic carbocycles. The van der Waals surface area contributed by atoms with E-state index >= 15 is 0 Å². The molecule has 6 nitrogen and oxygen atoms in total. The number of hydrogen-bond donors (Lipinski definition) is 2. The monoisotopic (exact) mass is 365 g/mol. The number of carbonyl (C=O) groups excluding carboxylic acids is 1. The molecule has 2 heterocycles. The molecule has 1 aliphatic heterocycles. The third-order valence-electron chi connectivity index (χ3n) is 5.31. The fourth-order valence-electron chi connectivity index (χ4n) is 4.25. The van der Waals surface area contributed by atoms with E-state index < -0.39 is 0 Å². The van der Waals surface area contributed by atoms with Crippen LogP contribution >= 0.6 is 11.3 Å². The van der Waals surface area contributed by atoms with E-state index in [1.165, 1.54) is 69.8 Å². The standard InChI is InChI=1S/C18H31N5OS/c1-13-10-15(20-18-22-21-17(25-18)19-14(2)24)12-23(11-13)16-8-6-4-3-5-7-9-16/h13,15-16H,3-12H2,1-2H3,(H,20,22)(H,19,21,24). The second kappa shape index (κ2) is 8.94.